The number of hydrogen-bond donors (Lipinski definition) is 2. The molecule has 2 heterocycles. The maximum Gasteiger partial charge on any atom is 0.408 e. The second kappa shape index (κ2) is 6.52. The van der Waals surface area contributed by atoms with E-state index in [1.807, 2.05) is 6.92 Å². The van der Waals surface area contributed by atoms with Crippen molar-refractivity contribution < 1.29 is 18.0 Å². The minimum atomic E-state index is -4.46. The average molecular weight is 348 g/mol. The number of primary amides is 1. The van der Waals surface area contributed by atoms with Gasteiger partial charge in [0, 0.05) is 6.54 Å². The van der Waals surface area contributed by atoms with Gasteiger partial charge in [-0.1, -0.05) is 11.3 Å². The number of thiazole rings is 1. The van der Waals surface area contributed by atoms with Gasteiger partial charge >= 0.3 is 6.18 Å². The molecule has 23 heavy (non-hydrogen) atoms. The van der Waals surface area contributed by atoms with Crippen LogP contribution in [0.4, 0.5) is 18.3 Å². The minimum Gasteiger partial charge on any atom is -0.369 e. The Balaban J connectivity index is 2.46. The molecule has 2 rings (SSSR count). The van der Waals surface area contributed by atoms with Crippen LogP contribution in [-0.4, -0.2) is 38.4 Å². The second-order valence-corrected chi connectivity index (χ2v) is 5.73. The molecule has 0 aliphatic carbocycles. The molecule has 0 bridgehead atoms. The van der Waals surface area contributed by atoms with Crippen LogP contribution in [0.5, 0.6) is 0 Å². The van der Waals surface area contributed by atoms with Crippen LogP contribution in [0, 0.1) is 6.92 Å². The predicted octanol–water partition coefficient (Wildman–Crippen LogP) is 1.73. The number of aromatic nitrogens is 4. The first kappa shape index (κ1) is 17.2. The minimum absolute atomic E-state index is 0.0257. The Labute approximate surface area is 133 Å². The highest BCUT2D eigenvalue weighted by atomic mass is 32.1. The fraction of sp³-hybridized carbons (Fsp3) is 0.500. The molecular weight excluding hydrogens is 333 g/mol. The third-order valence-electron chi connectivity index (χ3n) is 2.70. The maximum absolute atomic E-state index is 12.7. The maximum atomic E-state index is 12.7. The number of aryl methyl sites for hydroxylation is 1. The Hall–Kier alpha value is -2.17. The largest absolute Gasteiger partial charge is 0.408 e. The van der Waals surface area contributed by atoms with Crippen LogP contribution in [0.15, 0.2) is 0 Å². The summed E-state index contributed by atoms with van der Waals surface area (Å²) in [6.07, 6.45) is -4.79. The number of amides is 1. The van der Waals surface area contributed by atoms with Crippen molar-refractivity contribution in [2.45, 2.75) is 33.0 Å². The van der Waals surface area contributed by atoms with Crippen molar-refractivity contribution in [2.75, 3.05) is 11.9 Å². The number of rotatable bonds is 6. The average Bonchev–Trinajstić information content (AvgIpc) is 2.91. The van der Waals surface area contributed by atoms with Crippen molar-refractivity contribution in [3.05, 3.63) is 11.5 Å². The van der Waals surface area contributed by atoms with Gasteiger partial charge in [-0.3, -0.25) is 4.79 Å². The summed E-state index contributed by atoms with van der Waals surface area (Å²) in [5, 5.41) is 7.33. The van der Waals surface area contributed by atoms with Crippen molar-refractivity contribution in [3.8, 4) is 10.7 Å². The fourth-order valence-corrected chi connectivity index (χ4v) is 2.93. The van der Waals surface area contributed by atoms with Gasteiger partial charge in [0.25, 0.3) is 0 Å². The van der Waals surface area contributed by atoms with Crippen LogP contribution in [-0.2, 0) is 17.8 Å². The van der Waals surface area contributed by atoms with Gasteiger partial charge in [-0.05, 0) is 13.8 Å². The van der Waals surface area contributed by atoms with E-state index in [2.05, 4.69) is 20.4 Å². The summed E-state index contributed by atoms with van der Waals surface area (Å²) in [4.78, 5) is 19.7. The van der Waals surface area contributed by atoms with E-state index in [-0.39, 0.29) is 18.1 Å². The third kappa shape index (κ3) is 4.41. The number of nitrogens with one attached hydrogen (secondary N) is 1. The molecule has 3 N–H and O–H groups in total. The summed E-state index contributed by atoms with van der Waals surface area (Å²) in [6.45, 7) is 2.89. The molecule has 11 heteroatoms. The first-order valence-electron chi connectivity index (χ1n) is 6.70. The number of carbonyl (C=O) groups excluding carboxylic acids is 1. The lowest BCUT2D eigenvalue weighted by Gasteiger charge is -2.08. The van der Waals surface area contributed by atoms with Crippen LogP contribution >= 0.6 is 11.3 Å². The lowest BCUT2D eigenvalue weighted by Crippen LogP contribution is -2.20. The predicted molar refractivity (Wildman–Crippen MR) is 79.0 cm³/mol. The standard InChI is InChI=1S/C12H15F3N6OS/c1-3-17-11-18-6(2)9(23-11)10-19-8(4-7(16)22)20-21(10)5-12(13,14)15/h3-5H2,1-2H3,(H2,16,22)(H,17,18). The second-order valence-electron chi connectivity index (χ2n) is 4.73. The molecular formula is C12H15F3N6OS. The van der Waals surface area contributed by atoms with Gasteiger partial charge in [0.2, 0.25) is 5.91 Å². The summed E-state index contributed by atoms with van der Waals surface area (Å²) in [6, 6.07) is 0. The van der Waals surface area contributed by atoms with E-state index in [4.69, 9.17) is 5.73 Å². The molecule has 0 atom stereocenters. The summed E-state index contributed by atoms with van der Waals surface area (Å²) in [5.74, 6) is -0.734. The van der Waals surface area contributed by atoms with Crippen LogP contribution < -0.4 is 11.1 Å². The lowest BCUT2D eigenvalue weighted by atomic mass is 10.3. The van der Waals surface area contributed by atoms with Crippen molar-refractivity contribution >= 4 is 22.4 Å². The van der Waals surface area contributed by atoms with Crippen LogP contribution in [0.2, 0.25) is 0 Å². The highest BCUT2D eigenvalue weighted by Crippen LogP contribution is 2.32. The number of alkyl halides is 3. The molecule has 2 aromatic heterocycles. The van der Waals surface area contributed by atoms with Gasteiger partial charge in [-0.25, -0.2) is 14.6 Å². The van der Waals surface area contributed by atoms with E-state index in [0.29, 0.717) is 22.2 Å². The first-order chi connectivity index (χ1) is 10.7. The van der Waals surface area contributed by atoms with Crippen molar-refractivity contribution in [1.29, 1.82) is 0 Å². The van der Waals surface area contributed by atoms with E-state index in [0.717, 1.165) is 4.68 Å². The first-order valence-corrected chi connectivity index (χ1v) is 7.51. The summed E-state index contributed by atoms with van der Waals surface area (Å²) >= 11 is 1.18. The molecule has 1 amide bonds. The van der Waals surface area contributed by atoms with Gasteiger partial charge in [-0.2, -0.15) is 18.3 Å². The van der Waals surface area contributed by atoms with E-state index >= 15 is 0 Å². The van der Waals surface area contributed by atoms with Crippen molar-refractivity contribution in [1.82, 2.24) is 19.7 Å². The fourth-order valence-electron chi connectivity index (χ4n) is 1.90. The molecule has 0 saturated heterocycles. The molecule has 0 radical (unpaired) electrons. The highest BCUT2D eigenvalue weighted by Gasteiger charge is 2.31. The SMILES string of the molecule is CCNc1nc(C)c(-c2nc(CC(N)=O)nn2CC(F)(F)F)s1. The molecule has 0 aliphatic heterocycles. The van der Waals surface area contributed by atoms with Crippen molar-refractivity contribution in [2.24, 2.45) is 5.73 Å². The number of nitrogens with two attached hydrogens (primary N) is 1. The molecule has 0 fully saturated rings. The van der Waals surface area contributed by atoms with Crippen molar-refractivity contribution in [3.63, 3.8) is 0 Å². The molecule has 7 nitrogen and oxygen atoms in total. The van der Waals surface area contributed by atoms with Gasteiger partial charge < -0.3 is 11.1 Å². The smallest absolute Gasteiger partial charge is 0.369 e. The normalized spacial score (nSPS) is 11.7. The zero-order valence-corrected chi connectivity index (χ0v) is 13.3. The number of carbonyl (C=O) groups is 1. The Morgan fingerprint density at radius 3 is 2.65 bits per heavy atom. The lowest BCUT2D eigenvalue weighted by molar-refractivity contribution is -0.142. The van der Waals surface area contributed by atoms with E-state index in [9.17, 15) is 18.0 Å². The number of hydrogen-bond acceptors (Lipinski definition) is 6. The van der Waals surface area contributed by atoms with Crippen LogP contribution in [0.3, 0.4) is 0 Å². The third-order valence-corrected chi connectivity index (χ3v) is 3.82. The van der Waals surface area contributed by atoms with Crippen LogP contribution in [0.1, 0.15) is 18.4 Å². The Bertz CT molecular complexity index is 708. The number of nitrogens with zero attached hydrogens (tertiary/aromatic N) is 4. The number of halogens is 3. The monoisotopic (exact) mass is 348 g/mol. The van der Waals surface area contributed by atoms with E-state index in [1.165, 1.54) is 11.3 Å². The Kier molecular flexibility index (Phi) is 4.88. The zero-order valence-electron chi connectivity index (χ0n) is 12.4. The zero-order chi connectivity index (χ0) is 17.2. The molecule has 0 aliphatic rings. The van der Waals surface area contributed by atoms with Gasteiger partial charge in [-0.15, -0.1) is 0 Å². The molecule has 2 aromatic rings. The molecule has 0 saturated carbocycles. The van der Waals surface area contributed by atoms with Gasteiger partial charge in [0.05, 0.1) is 17.0 Å². The summed E-state index contributed by atoms with van der Waals surface area (Å²) in [7, 11) is 0. The highest BCUT2D eigenvalue weighted by molar-refractivity contribution is 7.19. The topological polar surface area (TPSA) is 98.7 Å². The molecule has 0 aromatic carbocycles. The molecule has 126 valence electrons. The number of anilines is 1. The Morgan fingerprint density at radius 1 is 1.39 bits per heavy atom. The van der Waals surface area contributed by atoms with E-state index < -0.39 is 18.6 Å². The molecule has 0 unspecified atom stereocenters. The summed E-state index contributed by atoms with van der Waals surface area (Å²) in [5.41, 5.74) is 5.59. The summed E-state index contributed by atoms with van der Waals surface area (Å²) < 4.78 is 38.9. The van der Waals surface area contributed by atoms with Gasteiger partial charge in [0.1, 0.15) is 6.54 Å². The van der Waals surface area contributed by atoms with Gasteiger partial charge in [0.15, 0.2) is 16.8 Å². The van der Waals surface area contributed by atoms with E-state index in [1.54, 1.807) is 6.92 Å². The Morgan fingerprint density at radius 2 is 2.09 bits per heavy atom. The van der Waals surface area contributed by atoms with Crippen LogP contribution in [0.25, 0.3) is 10.7 Å². The molecule has 0 spiro atoms. The quantitative estimate of drug-likeness (QED) is 0.828.